The summed E-state index contributed by atoms with van der Waals surface area (Å²) in [6, 6.07) is 4.80. The second-order valence-corrected chi connectivity index (χ2v) is 7.67. The van der Waals surface area contributed by atoms with E-state index in [0.29, 0.717) is 30.5 Å². The molecular formula is C16H14F4N2O2S. The van der Waals surface area contributed by atoms with Crippen molar-refractivity contribution in [3.8, 4) is 0 Å². The first kappa shape index (κ1) is 17.8. The molecule has 1 saturated carbocycles. The number of alkyl halides is 3. The van der Waals surface area contributed by atoms with Gasteiger partial charge in [0, 0.05) is 25.0 Å². The molecule has 0 N–H and O–H groups in total. The maximum Gasteiger partial charge on any atom is 0.419 e. The molecule has 1 aliphatic rings. The van der Waals surface area contributed by atoms with Gasteiger partial charge < -0.3 is 0 Å². The van der Waals surface area contributed by atoms with Gasteiger partial charge in [-0.25, -0.2) is 12.8 Å². The van der Waals surface area contributed by atoms with Crippen molar-refractivity contribution in [1.82, 2.24) is 9.29 Å². The third-order valence-electron chi connectivity index (χ3n) is 3.87. The van der Waals surface area contributed by atoms with Crippen molar-refractivity contribution >= 4 is 10.0 Å². The summed E-state index contributed by atoms with van der Waals surface area (Å²) >= 11 is 0. The van der Waals surface area contributed by atoms with Crippen LogP contribution in [0.3, 0.4) is 0 Å². The number of rotatable bonds is 5. The quantitative estimate of drug-likeness (QED) is 0.752. The molecule has 3 rings (SSSR count). The Morgan fingerprint density at radius 2 is 1.92 bits per heavy atom. The minimum Gasteiger partial charge on any atom is -0.264 e. The number of nitrogens with zero attached hydrogens (tertiary/aromatic N) is 2. The molecule has 1 aromatic heterocycles. The SMILES string of the molecule is O=S(=O)(c1ccc(F)c(C(F)(F)F)c1)N(Cc1cccnc1)C1CC1. The molecule has 1 fully saturated rings. The van der Waals surface area contributed by atoms with Gasteiger partial charge in [0.2, 0.25) is 10.0 Å². The van der Waals surface area contributed by atoms with Gasteiger partial charge in [-0.15, -0.1) is 0 Å². The summed E-state index contributed by atoms with van der Waals surface area (Å²) in [5.74, 6) is -1.50. The van der Waals surface area contributed by atoms with Gasteiger partial charge in [-0.05, 0) is 42.7 Å². The molecule has 9 heteroatoms. The third-order valence-corrected chi connectivity index (χ3v) is 5.76. The maximum absolute atomic E-state index is 13.4. The van der Waals surface area contributed by atoms with Gasteiger partial charge in [0.1, 0.15) is 5.82 Å². The summed E-state index contributed by atoms with van der Waals surface area (Å²) in [5, 5.41) is 0. The fraction of sp³-hybridized carbons (Fsp3) is 0.312. The predicted octanol–water partition coefficient (Wildman–Crippen LogP) is 3.59. The van der Waals surface area contributed by atoms with Crippen molar-refractivity contribution in [1.29, 1.82) is 0 Å². The number of halogens is 4. The fourth-order valence-corrected chi connectivity index (χ4v) is 4.16. The molecule has 134 valence electrons. The average molecular weight is 374 g/mol. The first-order valence-electron chi connectivity index (χ1n) is 7.47. The Hall–Kier alpha value is -2.00. The van der Waals surface area contributed by atoms with E-state index in [1.807, 2.05) is 0 Å². The zero-order valence-electron chi connectivity index (χ0n) is 12.9. The van der Waals surface area contributed by atoms with Gasteiger partial charge in [-0.3, -0.25) is 4.98 Å². The van der Waals surface area contributed by atoms with Crippen LogP contribution < -0.4 is 0 Å². The molecule has 4 nitrogen and oxygen atoms in total. The van der Waals surface area contributed by atoms with Gasteiger partial charge in [-0.1, -0.05) is 6.07 Å². The fourth-order valence-electron chi connectivity index (χ4n) is 2.46. The van der Waals surface area contributed by atoms with Crippen LogP contribution >= 0.6 is 0 Å². The largest absolute Gasteiger partial charge is 0.419 e. The first-order chi connectivity index (χ1) is 11.7. The van der Waals surface area contributed by atoms with Gasteiger partial charge in [0.25, 0.3) is 0 Å². The van der Waals surface area contributed by atoms with E-state index in [4.69, 9.17) is 0 Å². The minimum atomic E-state index is -4.97. The van der Waals surface area contributed by atoms with Crippen molar-refractivity contribution in [3.63, 3.8) is 0 Å². The minimum absolute atomic E-state index is 0.000429. The predicted molar refractivity (Wildman–Crippen MR) is 81.4 cm³/mol. The van der Waals surface area contributed by atoms with Crippen LogP contribution in [0.15, 0.2) is 47.6 Å². The number of hydrogen-bond donors (Lipinski definition) is 0. The molecular weight excluding hydrogens is 360 g/mol. The van der Waals surface area contributed by atoms with Crippen LogP contribution in [0.4, 0.5) is 17.6 Å². The van der Waals surface area contributed by atoms with E-state index in [1.54, 1.807) is 12.1 Å². The summed E-state index contributed by atoms with van der Waals surface area (Å²) in [6.07, 6.45) is -0.672. The van der Waals surface area contributed by atoms with Crippen molar-refractivity contribution in [2.75, 3.05) is 0 Å². The van der Waals surface area contributed by atoms with Gasteiger partial charge in [0.05, 0.1) is 10.5 Å². The Labute approximate surface area is 142 Å². The third kappa shape index (κ3) is 3.82. The first-order valence-corrected chi connectivity index (χ1v) is 8.91. The normalized spacial score (nSPS) is 15.6. The van der Waals surface area contributed by atoms with Crippen LogP contribution in [0.25, 0.3) is 0 Å². The highest BCUT2D eigenvalue weighted by molar-refractivity contribution is 7.89. The van der Waals surface area contributed by atoms with Crippen LogP contribution in [-0.4, -0.2) is 23.7 Å². The Morgan fingerprint density at radius 3 is 2.48 bits per heavy atom. The molecule has 0 radical (unpaired) electrons. The van der Waals surface area contributed by atoms with Crippen molar-refractivity contribution in [3.05, 3.63) is 59.7 Å². The molecule has 1 aromatic carbocycles. The van der Waals surface area contributed by atoms with Gasteiger partial charge >= 0.3 is 6.18 Å². The summed E-state index contributed by atoms with van der Waals surface area (Å²) < 4.78 is 78.9. The van der Waals surface area contributed by atoms with Gasteiger partial charge in [-0.2, -0.15) is 17.5 Å². The Kier molecular flexibility index (Phi) is 4.54. The lowest BCUT2D eigenvalue weighted by Crippen LogP contribution is -2.33. The van der Waals surface area contributed by atoms with Crippen molar-refractivity contribution in [2.45, 2.75) is 36.5 Å². The molecule has 2 aromatic rings. The Bertz CT molecular complexity index is 865. The standard InChI is InChI=1S/C16H14F4N2O2S/c17-15-6-5-13(8-14(15)16(18,19)20)25(23,24)22(12-3-4-12)10-11-2-1-7-21-9-11/h1-2,5-9,12H,3-4,10H2. The van der Waals surface area contributed by atoms with Crippen LogP contribution in [0.1, 0.15) is 24.0 Å². The zero-order chi connectivity index (χ0) is 18.2. The van der Waals surface area contributed by atoms with Crippen LogP contribution in [0.2, 0.25) is 0 Å². The molecule has 0 atom stereocenters. The number of pyridine rings is 1. The molecule has 1 heterocycles. The van der Waals surface area contributed by atoms with Crippen LogP contribution in [0.5, 0.6) is 0 Å². The monoisotopic (exact) mass is 374 g/mol. The number of hydrogen-bond acceptors (Lipinski definition) is 3. The average Bonchev–Trinajstić information content (AvgIpc) is 3.37. The molecule has 0 unspecified atom stereocenters. The smallest absolute Gasteiger partial charge is 0.264 e. The van der Waals surface area contributed by atoms with Crippen LogP contribution in [-0.2, 0) is 22.7 Å². The van der Waals surface area contributed by atoms with Crippen LogP contribution in [0, 0.1) is 5.82 Å². The highest BCUT2D eigenvalue weighted by atomic mass is 32.2. The molecule has 0 aliphatic heterocycles. The zero-order valence-corrected chi connectivity index (χ0v) is 13.7. The second-order valence-electron chi connectivity index (χ2n) is 5.78. The number of aromatic nitrogens is 1. The number of sulfonamides is 1. The van der Waals surface area contributed by atoms with E-state index in [1.165, 1.54) is 12.4 Å². The molecule has 1 aliphatic carbocycles. The van der Waals surface area contributed by atoms with Gasteiger partial charge in [0.15, 0.2) is 0 Å². The van der Waals surface area contributed by atoms with E-state index in [-0.39, 0.29) is 12.6 Å². The second kappa shape index (κ2) is 6.38. The van der Waals surface area contributed by atoms with Crippen molar-refractivity contribution in [2.24, 2.45) is 0 Å². The lowest BCUT2D eigenvalue weighted by molar-refractivity contribution is -0.140. The molecule has 0 amide bonds. The molecule has 0 saturated heterocycles. The molecule has 25 heavy (non-hydrogen) atoms. The van der Waals surface area contributed by atoms with E-state index in [0.717, 1.165) is 10.4 Å². The Morgan fingerprint density at radius 1 is 1.20 bits per heavy atom. The molecule has 0 spiro atoms. The van der Waals surface area contributed by atoms with E-state index >= 15 is 0 Å². The highest BCUT2D eigenvalue weighted by Crippen LogP contribution is 2.36. The summed E-state index contributed by atoms with van der Waals surface area (Å²) in [4.78, 5) is 3.34. The number of benzene rings is 1. The highest BCUT2D eigenvalue weighted by Gasteiger charge is 2.40. The van der Waals surface area contributed by atoms with E-state index in [9.17, 15) is 26.0 Å². The lowest BCUT2D eigenvalue weighted by Gasteiger charge is -2.22. The summed E-state index contributed by atoms with van der Waals surface area (Å²) in [5.41, 5.74) is -0.971. The van der Waals surface area contributed by atoms with E-state index < -0.39 is 32.5 Å². The summed E-state index contributed by atoms with van der Waals surface area (Å²) in [7, 11) is -4.20. The topological polar surface area (TPSA) is 50.3 Å². The lowest BCUT2D eigenvalue weighted by atomic mass is 10.2. The van der Waals surface area contributed by atoms with E-state index in [2.05, 4.69) is 4.98 Å². The van der Waals surface area contributed by atoms with Crippen molar-refractivity contribution < 1.29 is 26.0 Å². The molecule has 0 bridgehead atoms. The maximum atomic E-state index is 13.4. The Balaban J connectivity index is 1.99. The summed E-state index contributed by atoms with van der Waals surface area (Å²) in [6.45, 7) is -0.000429.